The molecule has 2 aliphatic rings. The molecule has 3 rings (SSSR count). The van der Waals surface area contributed by atoms with Gasteiger partial charge in [0.25, 0.3) is 0 Å². The highest BCUT2D eigenvalue weighted by Crippen LogP contribution is 2.48. The number of Topliss-reactive ketones (excluding diaryl/α,β-unsaturated/α-hetero) is 1. The van der Waals surface area contributed by atoms with E-state index in [2.05, 4.69) is 5.32 Å². The number of benzene rings is 1. The van der Waals surface area contributed by atoms with Crippen LogP contribution in [0.15, 0.2) is 34.7 Å². The van der Waals surface area contributed by atoms with Crippen LogP contribution < -0.4 is 10.1 Å². The molecule has 11 nitrogen and oxygen atoms in total. The minimum absolute atomic E-state index is 0.0748. The Kier molecular flexibility index (Phi) is 7.47. The smallest absolute Gasteiger partial charge is 0.336 e. The average Bonchev–Trinajstić information content (AvgIpc) is 2.81. The second kappa shape index (κ2) is 10.2. The Morgan fingerprint density at radius 3 is 2.54 bits per heavy atom. The lowest BCUT2D eigenvalue weighted by molar-refractivity contribution is -0.386. The molecule has 1 aromatic carbocycles. The van der Waals surface area contributed by atoms with Crippen LogP contribution in [-0.2, 0) is 23.9 Å². The summed E-state index contributed by atoms with van der Waals surface area (Å²) in [6, 6.07) is 2.43. The summed E-state index contributed by atoms with van der Waals surface area (Å²) < 4.78 is 15.4. The van der Waals surface area contributed by atoms with Crippen LogP contribution >= 0.6 is 0 Å². The molecule has 1 aliphatic carbocycles. The van der Waals surface area contributed by atoms with Crippen molar-refractivity contribution in [3.63, 3.8) is 0 Å². The van der Waals surface area contributed by atoms with Crippen LogP contribution in [-0.4, -0.2) is 48.6 Å². The maximum Gasteiger partial charge on any atom is 0.336 e. The third kappa shape index (κ3) is 4.58. The van der Waals surface area contributed by atoms with Crippen LogP contribution in [0.25, 0.3) is 0 Å². The number of nitro benzene ring substituents is 1. The van der Waals surface area contributed by atoms with Gasteiger partial charge in [-0.15, -0.1) is 0 Å². The molecule has 1 aromatic rings. The number of phenolic OH excluding ortho intramolecular Hbond substituents is 1. The molecule has 0 unspecified atom stereocenters. The van der Waals surface area contributed by atoms with Gasteiger partial charge in [0, 0.05) is 29.0 Å². The summed E-state index contributed by atoms with van der Waals surface area (Å²) in [6.07, 6.45) is 0.868. The summed E-state index contributed by atoms with van der Waals surface area (Å²) in [7, 11) is 2.42. The molecule has 0 saturated heterocycles. The molecule has 0 fully saturated rings. The van der Waals surface area contributed by atoms with Crippen LogP contribution in [0.4, 0.5) is 5.69 Å². The highest BCUT2D eigenvalue weighted by atomic mass is 16.6. The quantitative estimate of drug-likeness (QED) is 0.253. The first-order valence-electron chi connectivity index (χ1n) is 11.1. The fourth-order valence-electron chi connectivity index (χ4n) is 4.63. The van der Waals surface area contributed by atoms with Gasteiger partial charge in [-0.25, -0.2) is 4.79 Å². The van der Waals surface area contributed by atoms with Crippen LogP contribution in [0.5, 0.6) is 11.5 Å². The number of phenols is 1. The zero-order chi connectivity index (χ0) is 26.0. The number of carbonyl (C=O) groups excluding carboxylic acids is 3. The average molecular weight is 488 g/mol. The predicted octanol–water partition coefficient (Wildman–Crippen LogP) is 2.88. The van der Waals surface area contributed by atoms with Gasteiger partial charge in [-0.1, -0.05) is 13.8 Å². The van der Waals surface area contributed by atoms with Crippen molar-refractivity contribution in [2.24, 2.45) is 11.8 Å². The maximum absolute atomic E-state index is 13.7. The van der Waals surface area contributed by atoms with E-state index in [1.54, 1.807) is 13.8 Å². The molecule has 188 valence electrons. The first-order valence-corrected chi connectivity index (χ1v) is 11.1. The minimum Gasteiger partial charge on any atom is -0.500 e. The molecular weight excluding hydrogens is 460 g/mol. The number of esters is 2. The van der Waals surface area contributed by atoms with Gasteiger partial charge in [-0.05, 0) is 37.3 Å². The number of methoxy groups -OCH3 is 2. The van der Waals surface area contributed by atoms with Gasteiger partial charge in [0.15, 0.2) is 11.5 Å². The second-order valence-corrected chi connectivity index (χ2v) is 8.52. The number of carbonyl (C=O) groups is 3. The molecule has 0 aromatic heterocycles. The van der Waals surface area contributed by atoms with E-state index in [1.807, 2.05) is 6.92 Å². The first kappa shape index (κ1) is 25.7. The Hall–Kier alpha value is -3.89. The zero-order valence-corrected chi connectivity index (χ0v) is 20.2. The fraction of sp³-hybridized carbons (Fsp3) is 0.458. The first-order chi connectivity index (χ1) is 16.6. The molecule has 1 aliphatic heterocycles. The van der Waals surface area contributed by atoms with Gasteiger partial charge in [0.05, 0.1) is 31.3 Å². The molecule has 0 amide bonds. The van der Waals surface area contributed by atoms with Gasteiger partial charge in [0.2, 0.25) is 5.75 Å². The van der Waals surface area contributed by atoms with Crippen molar-refractivity contribution in [2.75, 3.05) is 20.8 Å². The largest absolute Gasteiger partial charge is 0.500 e. The Balaban J connectivity index is 2.30. The lowest BCUT2D eigenvalue weighted by Crippen LogP contribution is -2.43. The molecular formula is C24H28N2O9. The summed E-state index contributed by atoms with van der Waals surface area (Å²) in [4.78, 5) is 50.2. The molecule has 0 bridgehead atoms. The molecule has 0 saturated carbocycles. The van der Waals surface area contributed by atoms with Gasteiger partial charge < -0.3 is 24.6 Å². The van der Waals surface area contributed by atoms with Gasteiger partial charge in [0.1, 0.15) is 5.92 Å². The Labute approximate surface area is 201 Å². The van der Waals surface area contributed by atoms with Crippen molar-refractivity contribution >= 4 is 23.4 Å². The maximum atomic E-state index is 13.7. The third-order valence-corrected chi connectivity index (χ3v) is 6.23. The van der Waals surface area contributed by atoms with Crippen molar-refractivity contribution < 1.29 is 38.6 Å². The third-order valence-electron chi connectivity index (χ3n) is 6.23. The van der Waals surface area contributed by atoms with Crippen LogP contribution in [0, 0.1) is 22.0 Å². The van der Waals surface area contributed by atoms with E-state index in [-0.39, 0.29) is 35.0 Å². The van der Waals surface area contributed by atoms with E-state index < -0.39 is 45.9 Å². The number of ether oxygens (including phenoxy) is 3. The fourth-order valence-corrected chi connectivity index (χ4v) is 4.63. The topological polar surface area (TPSA) is 154 Å². The van der Waals surface area contributed by atoms with Crippen molar-refractivity contribution in [1.82, 2.24) is 5.32 Å². The van der Waals surface area contributed by atoms with E-state index >= 15 is 0 Å². The van der Waals surface area contributed by atoms with Crippen LogP contribution in [0.2, 0.25) is 0 Å². The van der Waals surface area contributed by atoms with E-state index in [4.69, 9.17) is 14.2 Å². The normalized spacial score (nSPS) is 21.7. The number of allylic oxidation sites excluding steroid dienone is 3. The number of hydrogen-bond donors (Lipinski definition) is 2. The highest BCUT2D eigenvalue weighted by Gasteiger charge is 2.47. The van der Waals surface area contributed by atoms with E-state index in [0.29, 0.717) is 24.2 Å². The summed E-state index contributed by atoms with van der Waals surface area (Å²) in [5.41, 5.74) is 0.628. The molecule has 11 heteroatoms. The second-order valence-electron chi connectivity index (χ2n) is 8.52. The monoisotopic (exact) mass is 488 g/mol. The lowest BCUT2D eigenvalue weighted by Gasteiger charge is -2.38. The summed E-state index contributed by atoms with van der Waals surface area (Å²) in [6.45, 7) is 5.35. The molecule has 3 atom stereocenters. The number of nitro groups is 1. The summed E-state index contributed by atoms with van der Waals surface area (Å²) in [5, 5.41) is 25.0. The Morgan fingerprint density at radius 1 is 1.29 bits per heavy atom. The minimum atomic E-state index is -1.11. The summed E-state index contributed by atoms with van der Waals surface area (Å²) in [5.74, 6) is -5.43. The highest BCUT2D eigenvalue weighted by molar-refractivity contribution is 6.12. The van der Waals surface area contributed by atoms with E-state index in [9.17, 15) is 29.6 Å². The predicted molar refractivity (Wildman–Crippen MR) is 122 cm³/mol. The standard InChI is InChI=1S/C24H28N2O9/c1-6-7-35-24(30)18-12(3)25-14-8-11(2)17(23(29)34-5)22(28)20(14)19(18)13-9-15(26(31)32)21(27)16(10-13)33-4/h9-11,17,19,25,27H,6-8H2,1-5H3/t11-,17+,19+/m0/s1. The number of hydrogen-bond acceptors (Lipinski definition) is 10. The number of dihydropyridines is 1. The Morgan fingerprint density at radius 2 is 1.97 bits per heavy atom. The zero-order valence-electron chi connectivity index (χ0n) is 20.2. The van der Waals surface area contributed by atoms with E-state index in [1.165, 1.54) is 20.3 Å². The van der Waals surface area contributed by atoms with Crippen LogP contribution in [0.3, 0.4) is 0 Å². The Bertz CT molecular complexity index is 1150. The molecule has 0 spiro atoms. The molecule has 0 radical (unpaired) electrons. The van der Waals surface area contributed by atoms with Crippen molar-refractivity contribution in [2.45, 2.75) is 39.5 Å². The molecule has 35 heavy (non-hydrogen) atoms. The lowest BCUT2D eigenvalue weighted by atomic mass is 9.69. The number of ketones is 1. The number of nitrogens with zero attached hydrogens (tertiary/aromatic N) is 1. The molecule has 1 heterocycles. The van der Waals surface area contributed by atoms with Crippen molar-refractivity contribution in [1.29, 1.82) is 0 Å². The van der Waals surface area contributed by atoms with Crippen LogP contribution in [0.1, 0.15) is 45.1 Å². The van der Waals surface area contributed by atoms with Gasteiger partial charge in [-0.3, -0.25) is 19.7 Å². The SMILES string of the molecule is CCCOC(=O)C1=C(C)NC2=C(C(=O)[C@H](C(=O)OC)[C@@H](C)C2)[C@@H]1c1cc(OC)c(O)c([N+](=O)[O-])c1. The van der Waals surface area contributed by atoms with Gasteiger partial charge in [-0.2, -0.15) is 0 Å². The summed E-state index contributed by atoms with van der Waals surface area (Å²) >= 11 is 0. The number of nitrogens with one attached hydrogen (secondary N) is 1. The van der Waals surface area contributed by atoms with Crippen molar-refractivity contribution in [3.8, 4) is 11.5 Å². The molecule has 2 N–H and O–H groups in total. The number of rotatable bonds is 7. The van der Waals surface area contributed by atoms with E-state index in [0.717, 1.165) is 6.07 Å². The van der Waals surface area contributed by atoms with Crippen molar-refractivity contribution in [3.05, 3.63) is 50.4 Å². The number of aromatic hydroxyl groups is 1. The van der Waals surface area contributed by atoms with Gasteiger partial charge >= 0.3 is 17.6 Å².